The average molecular weight is 822 g/mol. The second kappa shape index (κ2) is 20.4. The minimum absolute atomic E-state index is 0.0148. The number of nitrogens with one attached hydrogen (secondary N) is 1. The maximum absolute atomic E-state index is 13.5. The Balaban J connectivity index is 1.49. The van der Waals surface area contributed by atoms with Crippen molar-refractivity contribution in [3.63, 3.8) is 0 Å². The lowest BCUT2D eigenvalue weighted by molar-refractivity contribution is -0.253. The van der Waals surface area contributed by atoms with E-state index in [4.69, 9.17) is 43.2 Å². The van der Waals surface area contributed by atoms with Gasteiger partial charge in [0.05, 0.1) is 51.9 Å². The van der Waals surface area contributed by atoms with E-state index < -0.39 is 36.2 Å². The van der Waals surface area contributed by atoms with Crippen LogP contribution in [0, 0.1) is 17.8 Å². The van der Waals surface area contributed by atoms with Crippen molar-refractivity contribution in [3.05, 3.63) is 66.3 Å². The molecule has 2 amide bonds. The van der Waals surface area contributed by atoms with Crippen LogP contribution in [0.25, 0.3) is 0 Å². The molecule has 2 aromatic rings. The van der Waals surface area contributed by atoms with Gasteiger partial charge in [0.2, 0.25) is 12.1 Å². The molecule has 2 aliphatic heterocycles. The number of amides is 2. The second-order valence-corrected chi connectivity index (χ2v) is 15.3. The van der Waals surface area contributed by atoms with Crippen LogP contribution >= 0.6 is 0 Å². The van der Waals surface area contributed by atoms with Crippen molar-refractivity contribution in [3.8, 4) is 23.0 Å². The summed E-state index contributed by atoms with van der Waals surface area (Å²) >= 11 is 0. The van der Waals surface area contributed by atoms with Gasteiger partial charge < -0.3 is 53.1 Å². The third-order valence-electron chi connectivity index (χ3n) is 11.8. The van der Waals surface area contributed by atoms with Gasteiger partial charge in [0, 0.05) is 50.7 Å². The summed E-state index contributed by atoms with van der Waals surface area (Å²) < 4.78 is 41.8. The topological polar surface area (TPSA) is 176 Å². The molecule has 7 unspecified atom stereocenters. The molecule has 2 aliphatic carbocycles. The summed E-state index contributed by atoms with van der Waals surface area (Å²) in [6.45, 7) is 4.78. The van der Waals surface area contributed by atoms with Crippen molar-refractivity contribution in [2.24, 2.45) is 22.9 Å². The van der Waals surface area contributed by atoms with Gasteiger partial charge in [0.1, 0.15) is 29.0 Å². The molecule has 15 heteroatoms. The quantitative estimate of drug-likeness (QED) is 0.0787. The Morgan fingerprint density at radius 2 is 1.80 bits per heavy atom. The number of unbranched alkanes of at least 4 members (excludes halogenated alkanes) is 2. The van der Waals surface area contributed by atoms with Gasteiger partial charge in [0.25, 0.3) is 0 Å². The van der Waals surface area contributed by atoms with E-state index in [1.807, 2.05) is 6.07 Å². The Hall–Kier alpha value is -4.83. The minimum Gasteiger partial charge on any atom is -0.497 e. The first-order chi connectivity index (χ1) is 28.7. The van der Waals surface area contributed by atoms with Crippen molar-refractivity contribution < 1.29 is 57.8 Å². The van der Waals surface area contributed by atoms with E-state index in [0.717, 1.165) is 49.7 Å². The summed E-state index contributed by atoms with van der Waals surface area (Å²) in [6.07, 6.45) is 9.24. The van der Waals surface area contributed by atoms with Crippen molar-refractivity contribution in [2.45, 2.75) is 88.2 Å². The first-order valence-corrected chi connectivity index (χ1v) is 20.6. The first-order valence-electron chi connectivity index (χ1n) is 20.6. The Morgan fingerprint density at radius 1 is 1.02 bits per heavy atom. The molecule has 7 atom stereocenters. The van der Waals surface area contributed by atoms with E-state index in [1.165, 1.54) is 19.1 Å². The minimum atomic E-state index is -1.45. The molecular formula is C44H59N3O12. The van der Waals surface area contributed by atoms with Gasteiger partial charge in [-0.25, -0.2) is 9.59 Å². The lowest BCUT2D eigenvalue weighted by Crippen LogP contribution is -2.69. The number of anilines is 1. The van der Waals surface area contributed by atoms with E-state index in [-0.39, 0.29) is 49.7 Å². The molecule has 2 fully saturated rings. The summed E-state index contributed by atoms with van der Waals surface area (Å²) in [5.41, 5.74) is 2.71. The number of fused-ring (bicyclic) bond motifs is 2. The standard InChI is InChI=1S/C44H59N3O12/c1-6-22-56-44-38(47(2)43(51)54-5)27-35(46-59-39-15-9-12-23-55-39)32-24-28(13-7-10-20-48)31(14-8-11-21-49)40(41(32)44)33-25-30(17-19-36(33)58-44)57-42(50)45-34-18-16-29(52-3)26-37(34)53-4/h6,16-19,24-26,28,31,38-41,48-49H,1,7-15,20-23,27H2,2-5H3,(H,45,50). The number of benzene rings is 2. The van der Waals surface area contributed by atoms with E-state index in [2.05, 4.69) is 18.0 Å². The van der Waals surface area contributed by atoms with Crippen LogP contribution in [0.1, 0.15) is 75.7 Å². The lowest BCUT2D eigenvalue weighted by atomic mass is 9.55. The number of carbonyl (C=O) groups excluding carboxylic acids is 2. The number of hydrogen-bond donors (Lipinski definition) is 3. The molecule has 1 saturated carbocycles. The number of likely N-dealkylation sites (N-methyl/N-ethyl adjacent to an activating group) is 1. The molecule has 1 saturated heterocycles. The number of rotatable bonds is 18. The molecule has 0 radical (unpaired) electrons. The number of hydrogen-bond acceptors (Lipinski definition) is 13. The van der Waals surface area contributed by atoms with Gasteiger partial charge in [0.15, 0.2) is 0 Å². The molecule has 6 rings (SSSR count). The Bertz CT molecular complexity index is 1830. The number of oxime groups is 1. The predicted octanol–water partition coefficient (Wildman–Crippen LogP) is 7.17. The fourth-order valence-electron chi connectivity index (χ4n) is 9.12. The summed E-state index contributed by atoms with van der Waals surface area (Å²) in [6, 6.07) is 9.56. The zero-order valence-electron chi connectivity index (χ0n) is 34.6. The molecule has 2 heterocycles. The van der Waals surface area contributed by atoms with Crippen LogP contribution in [0.2, 0.25) is 0 Å². The molecule has 0 spiro atoms. The van der Waals surface area contributed by atoms with E-state index in [1.54, 1.807) is 50.6 Å². The van der Waals surface area contributed by atoms with Crippen molar-refractivity contribution >= 4 is 23.6 Å². The highest BCUT2D eigenvalue weighted by Gasteiger charge is 2.65. The molecule has 15 nitrogen and oxygen atoms in total. The molecule has 3 N–H and O–H groups in total. The second-order valence-electron chi connectivity index (χ2n) is 15.3. The first kappa shape index (κ1) is 43.7. The van der Waals surface area contributed by atoms with E-state index in [9.17, 15) is 19.8 Å². The Morgan fingerprint density at radius 3 is 2.49 bits per heavy atom. The van der Waals surface area contributed by atoms with Crippen molar-refractivity contribution in [2.75, 3.05) is 60.1 Å². The molecule has 4 aliphatic rings. The number of nitrogens with zero attached hydrogens (tertiary/aromatic N) is 2. The van der Waals surface area contributed by atoms with Crippen LogP contribution in [-0.2, 0) is 19.0 Å². The SMILES string of the molecule is C=CCOC12Oc3ccc(OC(=O)Nc4ccc(OC)cc4OC)cc3C3C(CCCCO)C(CCCCO)C=C(C(=NOC4CCCCO4)CC1N(C)C(=O)OC)C32. The molecular weight excluding hydrogens is 762 g/mol. The molecule has 2 aromatic carbocycles. The zero-order valence-corrected chi connectivity index (χ0v) is 34.6. The summed E-state index contributed by atoms with van der Waals surface area (Å²) in [7, 11) is 6.04. The fraction of sp³-hybridized carbons (Fsp3) is 0.568. The Labute approximate surface area is 346 Å². The summed E-state index contributed by atoms with van der Waals surface area (Å²) in [5.74, 6) is -0.563. The predicted molar refractivity (Wildman–Crippen MR) is 219 cm³/mol. The Kier molecular flexibility index (Phi) is 15.1. The van der Waals surface area contributed by atoms with Gasteiger partial charge in [-0.3, -0.25) is 5.32 Å². The molecule has 59 heavy (non-hydrogen) atoms. The van der Waals surface area contributed by atoms with Crippen LogP contribution < -0.4 is 24.3 Å². The lowest BCUT2D eigenvalue weighted by Gasteiger charge is -2.59. The van der Waals surface area contributed by atoms with Crippen LogP contribution in [0.15, 0.2) is 65.9 Å². The molecule has 0 aromatic heterocycles. The molecule has 0 bridgehead atoms. The van der Waals surface area contributed by atoms with Crippen LogP contribution in [-0.4, -0.2) is 106 Å². The third-order valence-corrected chi connectivity index (χ3v) is 11.8. The van der Waals surface area contributed by atoms with Gasteiger partial charge in [-0.15, -0.1) is 6.58 Å². The van der Waals surface area contributed by atoms with Crippen molar-refractivity contribution in [1.29, 1.82) is 0 Å². The average Bonchev–Trinajstić information content (AvgIpc) is 3.26. The van der Waals surface area contributed by atoms with Crippen LogP contribution in [0.3, 0.4) is 0 Å². The van der Waals surface area contributed by atoms with Gasteiger partial charge in [-0.05, 0) is 86.3 Å². The fourth-order valence-corrected chi connectivity index (χ4v) is 9.12. The maximum Gasteiger partial charge on any atom is 0.417 e. The summed E-state index contributed by atoms with van der Waals surface area (Å²) in [5, 5.41) is 27.3. The van der Waals surface area contributed by atoms with Gasteiger partial charge in [-0.1, -0.05) is 30.1 Å². The number of aliphatic hydroxyl groups is 2. The number of ether oxygens (including phenoxy) is 7. The van der Waals surface area contributed by atoms with Crippen LogP contribution in [0.4, 0.5) is 15.3 Å². The highest BCUT2D eigenvalue weighted by Crippen LogP contribution is 2.62. The molecule has 322 valence electrons. The highest BCUT2D eigenvalue weighted by atomic mass is 16.8. The normalized spacial score (nSPS) is 26.3. The number of carbonyl (C=O) groups is 2. The smallest absolute Gasteiger partial charge is 0.417 e. The third kappa shape index (κ3) is 9.64. The van der Waals surface area contributed by atoms with Crippen molar-refractivity contribution in [1.82, 2.24) is 4.90 Å². The van der Waals surface area contributed by atoms with E-state index >= 15 is 0 Å². The highest BCUT2D eigenvalue weighted by molar-refractivity contribution is 6.03. The zero-order chi connectivity index (χ0) is 41.9. The van der Waals surface area contributed by atoms with Crippen LogP contribution in [0.5, 0.6) is 23.0 Å². The monoisotopic (exact) mass is 821 g/mol. The van der Waals surface area contributed by atoms with Gasteiger partial charge >= 0.3 is 12.2 Å². The van der Waals surface area contributed by atoms with Gasteiger partial charge in [-0.2, -0.15) is 0 Å². The number of methoxy groups -OCH3 is 3. The largest absolute Gasteiger partial charge is 0.497 e. The number of aliphatic hydroxyl groups excluding tert-OH is 2. The van der Waals surface area contributed by atoms with E-state index in [0.29, 0.717) is 54.5 Å². The summed E-state index contributed by atoms with van der Waals surface area (Å²) in [4.78, 5) is 34.5. The maximum atomic E-state index is 13.5. The number of allylic oxidation sites excluding steroid dienone is 1.